The zero-order valence-electron chi connectivity index (χ0n) is 13.2. The van der Waals surface area contributed by atoms with E-state index in [4.69, 9.17) is 5.73 Å². The number of rotatable bonds is 6. The van der Waals surface area contributed by atoms with Crippen LogP contribution in [0.15, 0.2) is 30.3 Å². The second-order valence-electron chi connectivity index (χ2n) is 6.66. The van der Waals surface area contributed by atoms with E-state index in [9.17, 15) is 4.79 Å². The quantitative estimate of drug-likeness (QED) is 0.843. The third kappa shape index (κ3) is 3.87. The molecule has 4 heteroatoms. The minimum absolute atomic E-state index is 0.00163. The number of hydrogen-bond acceptors (Lipinski definition) is 3. The van der Waals surface area contributed by atoms with Gasteiger partial charge in [0.05, 0.1) is 6.04 Å². The van der Waals surface area contributed by atoms with Gasteiger partial charge >= 0.3 is 0 Å². The Labute approximate surface area is 133 Å². The molecule has 2 fully saturated rings. The van der Waals surface area contributed by atoms with Gasteiger partial charge in [-0.25, -0.2) is 0 Å². The van der Waals surface area contributed by atoms with Crippen LogP contribution in [0.2, 0.25) is 0 Å². The van der Waals surface area contributed by atoms with Crippen molar-refractivity contribution in [2.24, 2.45) is 11.7 Å². The molecule has 1 aliphatic carbocycles. The van der Waals surface area contributed by atoms with Gasteiger partial charge < -0.3 is 11.1 Å². The molecule has 1 aromatic rings. The van der Waals surface area contributed by atoms with Gasteiger partial charge in [-0.15, -0.1) is 0 Å². The van der Waals surface area contributed by atoms with Gasteiger partial charge in [0.1, 0.15) is 0 Å². The highest BCUT2D eigenvalue weighted by molar-refractivity contribution is 5.82. The highest BCUT2D eigenvalue weighted by Gasteiger charge is 2.35. The van der Waals surface area contributed by atoms with E-state index in [1.807, 2.05) is 6.07 Å². The van der Waals surface area contributed by atoms with Gasteiger partial charge in [0.2, 0.25) is 5.91 Å². The fourth-order valence-electron chi connectivity index (χ4n) is 3.44. The molecule has 120 valence electrons. The van der Waals surface area contributed by atoms with Crippen LogP contribution < -0.4 is 11.1 Å². The molecule has 2 aliphatic rings. The van der Waals surface area contributed by atoms with Gasteiger partial charge in [-0.3, -0.25) is 9.69 Å². The molecule has 0 bridgehead atoms. The Morgan fingerprint density at radius 1 is 1.23 bits per heavy atom. The van der Waals surface area contributed by atoms with Crippen molar-refractivity contribution in [3.05, 3.63) is 35.9 Å². The van der Waals surface area contributed by atoms with Crippen LogP contribution in [0.3, 0.4) is 0 Å². The van der Waals surface area contributed by atoms with Crippen LogP contribution in [0.1, 0.15) is 37.7 Å². The van der Waals surface area contributed by atoms with Crippen molar-refractivity contribution in [1.82, 2.24) is 10.2 Å². The predicted octanol–water partition coefficient (Wildman–Crippen LogP) is 1.89. The molecule has 22 heavy (non-hydrogen) atoms. The van der Waals surface area contributed by atoms with Gasteiger partial charge in [-0.05, 0) is 43.7 Å². The molecule has 1 saturated heterocycles. The molecule has 1 amide bonds. The third-order valence-electron chi connectivity index (χ3n) is 4.92. The first-order valence-corrected chi connectivity index (χ1v) is 8.56. The Hall–Kier alpha value is -1.39. The number of hydrogen-bond donors (Lipinski definition) is 2. The number of benzene rings is 1. The van der Waals surface area contributed by atoms with Crippen molar-refractivity contribution >= 4 is 5.91 Å². The van der Waals surface area contributed by atoms with Crippen LogP contribution in [0.5, 0.6) is 0 Å². The minimum Gasteiger partial charge on any atom is -0.350 e. The fraction of sp³-hybridized carbons (Fsp3) is 0.611. The summed E-state index contributed by atoms with van der Waals surface area (Å²) in [4.78, 5) is 15.0. The van der Waals surface area contributed by atoms with E-state index in [1.165, 1.54) is 24.8 Å². The molecule has 1 aromatic carbocycles. The predicted molar refractivity (Wildman–Crippen MR) is 88.2 cm³/mol. The smallest absolute Gasteiger partial charge is 0.237 e. The van der Waals surface area contributed by atoms with Crippen molar-refractivity contribution < 1.29 is 4.79 Å². The van der Waals surface area contributed by atoms with E-state index in [-0.39, 0.29) is 18.0 Å². The van der Waals surface area contributed by atoms with Crippen molar-refractivity contribution in [1.29, 1.82) is 0 Å². The van der Waals surface area contributed by atoms with E-state index in [0.717, 1.165) is 25.9 Å². The van der Waals surface area contributed by atoms with Crippen molar-refractivity contribution in [3.8, 4) is 0 Å². The lowest BCUT2D eigenvalue weighted by Gasteiger charge is -2.35. The molecule has 0 radical (unpaired) electrons. The number of nitrogens with one attached hydrogen (secondary N) is 1. The Bertz CT molecular complexity index is 486. The molecule has 2 unspecified atom stereocenters. The molecule has 1 aliphatic heterocycles. The lowest BCUT2D eigenvalue weighted by atomic mass is 9.99. The summed E-state index contributed by atoms with van der Waals surface area (Å²) in [6, 6.07) is 10.6. The van der Waals surface area contributed by atoms with Crippen LogP contribution in [0.25, 0.3) is 0 Å². The number of carbonyl (C=O) groups is 1. The number of likely N-dealkylation sites (tertiary alicyclic amines) is 1. The van der Waals surface area contributed by atoms with E-state index < -0.39 is 0 Å². The topological polar surface area (TPSA) is 58.4 Å². The Balaban J connectivity index is 1.62. The summed E-state index contributed by atoms with van der Waals surface area (Å²) in [7, 11) is 0. The summed E-state index contributed by atoms with van der Waals surface area (Å²) in [6.45, 7) is 2.42. The van der Waals surface area contributed by atoms with Gasteiger partial charge in [0.25, 0.3) is 0 Å². The molecule has 1 heterocycles. The Morgan fingerprint density at radius 3 is 2.68 bits per heavy atom. The minimum atomic E-state index is 0.00163. The first-order valence-electron chi connectivity index (χ1n) is 8.56. The average Bonchev–Trinajstić information content (AvgIpc) is 3.39. The number of nitrogens with two attached hydrogens (primary N) is 1. The van der Waals surface area contributed by atoms with Gasteiger partial charge in [-0.2, -0.15) is 0 Å². The molecule has 0 aromatic heterocycles. The number of carbonyl (C=O) groups excluding carboxylic acids is 1. The molecule has 4 nitrogen and oxygen atoms in total. The van der Waals surface area contributed by atoms with Crippen LogP contribution >= 0.6 is 0 Å². The monoisotopic (exact) mass is 301 g/mol. The number of amides is 1. The lowest BCUT2D eigenvalue weighted by molar-refractivity contribution is -0.128. The second kappa shape index (κ2) is 7.25. The fourth-order valence-corrected chi connectivity index (χ4v) is 3.44. The lowest BCUT2D eigenvalue weighted by Crippen LogP contribution is -2.53. The van der Waals surface area contributed by atoms with Gasteiger partial charge in [0, 0.05) is 19.1 Å². The van der Waals surface area contributed by atoms with E-state index in [0.29, 0.717) is 12.5 Å². The molecular weight excluding hydrogens is 274 g/mol. The molecule has 2 atom stereocenters. The SMILES string of the molecule is NCC(NC(=O)C1CCCCN1Cc1ccccc1)C1CC1. The van der Waals surface area contributed by atoms with E-state index in [1.54, 1.807) is 0 Å². The van der Waals surface area contributed by atoms with E-state index >= 15 is 0 Å². The van der Waals surface area contributed by atoms with Crippen LogP contribution in [-0.2, 0) is 11.3 Å². The first kappa shape index (κ1) is 15.5. The number of nitrogens with zero attached hydrogens (tertiary/aromatic N) is 1. The third-order valence-corrected chi connectivity index (χ3v) is 4.92. The summed E-state index contributed by atoms with van der Waals surface area (Å²) in [5, 5.41) is 3.21. The van der Waals surface area contributed by atoms with Crippen LogP contribution in [-0.4, -0.2) is 36.0 Å². The summed E-state index contributed by atoms with van der Waals surface area (Å²) < 4.78 is 0. The maximum absolute atomic E-state index is 12.7. The Morgan fingerprint density at radius 2 is 2.00 bits per heavy atom. The first-order chi connectivity index (χ1) is 10.8. The second-order valence-corrected chi connectivity index (χ2v) is 6.66. The molecule has 3 N–H and O–H groups in total. The summed E-state index contributed by atoms with van der Waals surface area (Å²) in [6.07, 6.45) is 5.70. The maximum Gasteiger partial charge on any atom is 0.237 e. The summed E-state index contributed by atoms with van der Waals surface area (Å²) in [5.41, 5.74) is 7.10. The van der Waals surface area contributed by atoms with E-state index in [2.05, 4.69) is 34.5 Å². The normalized spacial score (nSPS) is 24.0. The summed E-state index contributed by atoms with van der Waals surface area (Å²) in [5.74, 6) is 0.790. The molecule has 0 spiro atoms. The van der Waals surface area contributed by atoms with Crippen molar-refractivity contribution in [3.63, 3.8) is 0 Å². The van der Waals surface area contributed by atoms with Gasteiger partial charge in [0.15, 0.2) is 0 Å². The zero-order chi connectivity index (χ0) is 15.4. The summed E-state index contributed by atoms with van der Waals surface area (Å²) >= 11 is 0. The highest BCUT2D eigenvalue weighted by atomic mass is 16.2. The number of piperidine rings is 1. The van der Waals surface area contributed by atoms with Crippen molar-refractivity contribution in [2.75, 3.05) is 13.1 Å². The van der Waals surface area contributed by atoms with Crippen LogP contribution in [0, 0.1) is 5.92 Å². The average molecular weight is 301 g/mol. The maximum atomic E-state index is 12.7. The molecule has 3 rings (SSSR count). The van der Waals surface area contributed by atoms with Gasteiger partial charge in [-0.1, -0.05) is 36.8 Å². The zero-order valence-corrected chi connectivity index (χ0v) is 13.2. The molecule has 1 saturated carbocycles. The molecular formula is C18H27N3O. The largest absolute Gasteiger partial charge is 0.350 e. The van der Waals surface area contributed by atoms with Crippen molar-refractivity contribution in [2.45, 2.75) is 50.7 Å². The highest BCUT2D eigenvalue weighted by Crippen LogP contribution is 2.32. The van der Waals surface area contributed by atoms with Crippen LogP contribution in [0.4, 0.5) is 0 Å². The Kier molecular flexibility index (Phi) is 5.11. The standard InChI is InChI=1S/C18H27N3O/c19-12-16(15-9-10-15)20-18(22)17-8-4-5-11-21(17)13-14-6-2-1-3-7-14/h1-3,6-7,15-17H,4-5,8-13,19H2,(H,20,22).